The summed E-state index contributed by atoms with van der Waals surface area (Å²) in [5.74, 6) is -0.0511. The van der Waals surface area contributed by atoms with Crippen LogP contribution in [0.3, 0.4) is 0 Å². The van der Waals surface area contributed by atoms with Gasteiger partial charge in [0.05, 0.1) is 12.0 Å². The van der Waals surface area contributed by atoms with Gasteiger partial charge in [0.25, 0.3) is 0 Å². The smallest absolute Gasteiger partial charge is 0.224 e. The first-order valence-electron chi connectivity index (χ1n) is 5.79. The van der Waals surface area contributed by atoms with Crippen LogP contribution in [0.1, 0.15) is 26.7 Å². The van der Waals surface area contributed by atoms with Crippen LogP contribution < -0.4 is 10.6 Å². The molecule has 0 radical (unpaired) electrons. The normalized spacial score (nSPS) is 22.4. The molecule has 2 N–H and O–H groups in total. The van der Waals surface area contributed by atoms with Crippen molar-refractivity contribution >= 4 is 11.8 Å². The molecule has 1 fully saturated rings. The number of rotatable bonds is 5. The Hall–Kier alpha value is -1.10. The molecule has 16 heavy (non-hydrogen) atoms. The number of ether oxygens (including phenoxy) is 1. The first-order valence-corrected chi connectivity index (χ1v) is 5.79. The molecule has 2 atom stereocenters. The van der Waals surface area contributed by atoms with Crippen molar-refractivity contribution in [2.75, 3.05) is 19.7 Å². The summed E-state index contributed by atoms with van der Waals surface area (Å²) in [5, 5.41) is 5.53. The number of hydrogen-bond acceptors (Lipinski definition) is 3. The molecule has 92 valence electrons. The molecule has 1 aliphatic rings. The zero-order valence-electron chi connectivity index (χ0n) is 9.91. The molecule has 5 nitrogen and oxygen atoms in total. The van der Waals surface area contributed by atoms with E-state index in [1.807, 2.05) is 13.8 Å². The number of nitrogens with one attached hydrogen (secondary N) is 2. The highest BCUT2D eigenvalue weighted by Gasteiger charge is 2.24. The van der Waals surface area contributed by atoms with E-state index in [0.29, 0.717) is 32.5 Å². The molecule has 0 aromatic rings. The number of hydrogen-bond donors (Lipinski definition) is 2. The number of carbonyl (C=O) groups excluding carboxylic acids is 2. The topological polar surface area (TPSA) is 67.4 Å². The quantitative estimate of drug-likeness (QED) is 0.699. The van der Waals surface area contributed by atoms with E-state index in [9.17, 15) is 9.59 Å². The van der Waals surface area contributed by atoms with Crippen molar-refractivity contribution in [2.45, 2.75) is 32.8 Å². The highest BCUT2D eigenvalue weighted by molar-refractivity contribution is 5.83. The highest BCUT2D eigenvalue weighted by atomic mass is 16.5. The molecular weight excluding hydrogens is 208 g/mol. The fourth-order valence-electron chi connectivity index (χ4n) is 1.69. The van der Waals surface area contributed by atoms with E-state index in [1.54, 1.807) is 0 Å². The minimum absolute atomic E-state index is 0.00607. The Bertz CT molecular complexity index is 246. The molecule has 0 aromatic carbocycles. The first kappa shape index (κ1) is 13.0. The van der Waals surface area contributed by atoms with Gasteiger partial charge in [-0.05, 0) is 20.3 Å². The van der Waals surface area contributed by atoms with Crippen molar-refractivity contribution in [2.24, 2.45) is 5.92 Å². The summed E-state index contributed by atoms with van der Waals surface area (Å²) in [6.07, 6.45) is 1.12. The van der Waals surface area contributed by atoms with Crippen LogP contribution in [0.4, 0.5) is 0 Å². The second-order valence-electron chi connectivity index (χ2n) is 4.05. The first-order chi connectivity index (χ1) is 7.63. The maximum absolute atomic E-state index is 11.7. The van der Waals surface area contributed by atoms with Gasteiger partial charge in [-0.15, -0.1) is 0 Å². The van der Waals surface area contributed by atoms with Gasteiger partial charge in [-0.3, -0.25) is 9.59 Å². The zero-order chi connectivity index (χ0) is 12.0. The van der Waals surface area contributed by atoms with Crippen LogP contribution in [0.5, 0.6) is 0 Å². The summed E-state index contributed by atoms with van der Waals surface area (Å²) in [6.45, 7) is 5.47. The Morgan fingerprint density at radius 2 is 2.44 bits per heavy atom. The van der Waals surface area contributed by atoms with Crippen LogP contribution in [-0.4, -0.2) is 37.6 Å². The van der Waals surface area contributed by atoms with Crippen LogP contribution in [0.15, 0.2) is 0 Å². The Kier molecular flexibility index (Phi) is 5.25. The molecule has 0 saturated carbocycles. The standard InChI is InChI=1S/C11H20N2O3/c1-3-16-8(2)6-13-11(15)9-4-5-10(14)12-7-9/h8-9H,3-7H2,1-2H3,(H,12,14)(H,13,15). The van der Waals surface area contributed by atoms with E-state index >= 15 is 0 Å². The number of carbonyl (C=O) groups is 2. The summed E-state index contributed by atoms with van der Waals surface area (Å²) in [4.78, 5) is 22.6. The molecule has 1 rings (SSSR count). The van der Waals surface area contributed by atoms with Crippen LogP contribution in [0.2, 0.25) is 0 Å². The summed E-state index contributed by atoms with van der Waals surface area (Å²) in [6, 6.07) is 0. The van der Waals surface area contributed by atoms with Crippen LogP contribution >= 0.6 is 0 Å². The minimum atomic E-state index is -0.0912. The van der Waals surface area contributed by atoms with Gasteiger partial charge in [0.2, 0.25) is 11.8 Å². The van der Waals surface area contributed by atoms with Crippen LogP contribution in [0, 0.1) is 5.92 Å². The summed E-state index contributed by atoms with van der Waals surface area (Å²) >= 11 is 0. The lowest BCUT2D eigenvalue weighted by Crippen LogP contribution is -2.44. The van der Waals surface area contributed by atoms with Crippen molar-refractivity contribution in [3.05, 3.63) is 0 Å². The molecule has 1 heterocycles. The molecule has 2 amide bonds. The average molecular weight is 228 g/mol. The van der Waals surface area contributed by atoms with Crippen molar-refractivity contribution in [3.63, 3.8) is 0 Å². The number of amides is 2. The summed E-state index contributed by atoms with van der Waals surface area (Å²) in [7, 11) is 0. The molecular formula is C11H20N2O3. The van der Waals surface area contributed by atoms with E-state index < -0.39 is 0 Å². The maximum atomic E-state index is 11.7. The minimum Gasteiger partial charge on any atom is -0.377 e. The summed E-state index contributed by atoms with van der Waals surface area (Å²) < 4.78 is 5.31. The maximum Gasteiger partial charge on any atom is 0.224 e. The van der Waals surface area contributed by atoms with E-state index in [4.69, 9.17) is 4.74 Å². The second kappa shape index (κ2) is 6.48. The zero-order valence-corrected chi connectivity index (χ0v) is 9.91. The van der Waals surface area contributed by atoms with Gasteiger partial charge >= 0.3 is 0 Å². The van der Waals surface area contributed by atoms with Crippen molar-refractivity contribution in [1.29, 1.82) is 0 Å². The van der Waals surface area contributed by atoms with Gasteiger partial charge in [0.15, 0.2) is 0 Å². The fourth-order valence-corrected chi connectivity index (χ4v) is 1.69. The molecule has 0 spiro atoms. The third kappa shape index (κ3) is 4.18. The SMILES string of the molecule is CCOC(C)CNC(=O)C1CCC(=O)NC1. The molecule has 2 unspecified atom stereocenters. The van der Waals surface area contributed by atoms with Crippen molar-refractivity contribution in [1.82, 2.24) is 10.6 Å². The van der Waals surface area contributed by atoms with Gasteiger partial charge in [-0.2, -0.15) is 0 Å². The Morgan fingerprint density at radius 1 is 1.69 bits per heavy atom. The van der Waals surface area contributed by atoms with E-state index in [0.717, 1.165) is 0 Å². The van der Waals surface area contributed by atoms with Crippen molar-refractivity contribution < 1.29 is 14.3 Å². The average Bonchev–Trinajstić information content (AvgIpc) is 2.27. The highest BCUT2D eigenvalue weighted by Crippen LogP contribution is 2.10. The van der Waals surface area contributed by atoms with Crippen LogP contribution in [-0.2, 0) is 14.3 Å². The van der Waals surface area contributed by atoms with Crippen molar-refractivity contribution in [3.8, 4) is 0 Å². The summed E-state index contributed by atoms with van der Waals surface area (Å²) in [5.41, 5.74) is 0. The third-order valence-electron chi connectivity index (χ3n) is 2.65. The van der Waals surface area contributed by atoms with E-state index in [1.165, 1.54) is 0 Å². The fraction of sp³-hybridized carbons (Fsp3) is 0.818. The largest absolute Gasteiger partial charge is 0.377 e. The molecule has 0 aliphatic carbocycles. The lowest BCUT2D eigenvalue weighted by atomic mass is 9.98. The van der Waals surface area contributed by atoms with Gasteiger partial charge in [0, 0.05) is 26.1 Å². The van der Waals surface area contributed by atoms with Gasteiger partial charge in [-0.1, -0.05) is 0 Å². The molecule has 0 aromatic heterocycles. The molecule has 1 aliphatic heterocycles. The van der Waals surface area contributed by atoms with Crippen LogP contribution in [0.25, 0.3) is 0 Å². The Balaban J connectivity index is 2.22. The molecule has 5 heteroatoms. The monoisotopic (exact) mass is 228 g/mol. The molecule has 1 saturated heterocycles. The van der Waals surface area contributed by atoms with Gasteiger partial charge in [-0.25, -0.2) is 0 Å². The van der Waals surface area contributed by atoms with E-state index in [2.05, 4.69) is 10.6 Å². The second-order valence-corrected chi connectivity index (χ2v) is 4.05. The predicted molar refractivity (Wildman–Crippen MR) is 59.8 cm³/mol. The van der Waals surface area contributed by atoms with Gasteiger partial charge < -0.3 is 15.4 Å². The number of piperidine rings is 1. The predicted octanol–water partition coefficient (Wildman–Crippen LogP) is 0.0538. The molecule has 0 bridgehead atoms. The lowest BCUT2D eigenvalue weighted by Gasteiger charge is -2.22. The lowest BCUT2D eigenvalue weighted by molar-refractivity contribution is -0.129. The third-order valence-corrected chi connectivity index (χ3v) is 2.65. The van der Waals surface area contributed by atoms with E-state index in [-0.39, 0.29) is 23.8 Å². The Labute approximate surface area is 95.9 Å². The Morgan fingerprint density at radius 3 is 3.00 bits per heavy atom. The van der Waals surface area contributed by atoms with Gasteiger partial charge in [0.1, 0.15) is 0 Å².